The number of carbonyl (C=O) groups excluding carboxylic acids is 1. The van der Waals surface area contributed by atoms with Crippen LogP contribution in [0.3, 0.4) is 0 Å². The molecule has 0 aliphatic carbocycles. The maximum Gasteiger partial charge on any atom is 0.259 e. The minimum atomic E-state index is -0.215. The Morgan fingerprint density at radius 2 is 1.77 bits per heavy atom. The molecule has 0 saturated carbocycles. The molecule has 0 aliphatic rings. The summed E-state index contributed by atoms with van der Waals surface area (Å²) in [5.74, 6) is 1.12. The molecule has 0 unspecified atom stereocenters. The van der Waals surface area contributed by atoms with E-state index in [0.717, 1.165) is 44.4 Å². The van der Waals surface area contributed by atoms with Crippen LogP contribution in [0.5, 0.6) is 5.75 Å². The van der Waals surface area contributed by atoms with Crippen molar-refractivity contribution in [2.75, 3.05) is 12.4 Å². The van der Waals surface area contributed by atoms with Crippen LogP contribution >= 0.6 is 0 Å². The van der Waals surface area contributed by atoms with Gasteiger partial charge < -0.3 is 15.0 Å². The van der Waals surface area contributed by atoms with Crippen molar-refractivity contribution in [1.82, 2.24) is 9.97 Å². The highest BCUT2D eigenvalue weighted by Gasteiger charge is 2.17. The molecule has 1 aromatic heterocycles. The molecule has 5 heteroatoms. The van der Waals surface area contributed by atoms with E-state index in [-0.39, 0.29) is 5.91 Å². The summed E-state index contributed by atoms with van der Waals surface area (Å²) in [6.07, 6.45) is 0. The van der Waals surface area contributed by atoms with Gasteiger partial charge in [-0.1, -0.05) is 54.6 Å². The second-order valence-corrected chi connectivity index (χ2v) is 7.45. The normalized spacial score (nSPS) is 11.0. The van der Waals surface area contributed by atoms with Crippen molar-refractivity contribution >= 4 is 33.4 Å². The number of para-hydroxylation sites is 2. The fourth-order valence-corrected chi connectivity index (χ4v) is 3.82. The Bertz CT molecular complexity index is 1400. The highest BCUT2D eigenvalue weighted by molar-refractivity contribution is 6.10. The lowest BCUT2D eigenvalue weighted by atomic mass is 10.0. The number of H-pyrrole nitrogens is 1. The number of aromatic nitrogens is 2. The molecule has 0 saturated heterocycles. The van der Waals surface area contributed by atoms with Crippen LogP contribution in [0.2, 0.25) is 0 Å². The number of carbonyl (C=O) groups is 1. The number of anilines is 1. The number of imidazole rings is 1. The number of ether oxygens (including phenoxy) is 1. The summed E-state index contributed by atoms with van der Waals surface area (Å²) in [6, 6.07) is 25.4. The van der Waals surface area contributed by atoms with Gasteiger partial charge in [-0.3, -0.25) is 4.79 Å². The Hall–Kier alpha value is -4.12. The van der Waals surface area contributed by atoms with Crippen molar-refractivity contribution in [3.05, 3.63) is 90.0 Å². The van der Waals surface area contributed by atoms with Gasteiger partial charge in [-0.15, -0.1) is 0 Å². The summed E-state index contributed by atoms with van der Waals surface area (Å²) in [5, 5.41) is 4.98. The minimum Gasteiger partial charge on any atom is -0.495 e. The number of amides is 1. The molecular weight excluding hydrogens is 386 g/mol. The Morgan fingerprint density at radius 1 is 0.968 bits per heavy atom. The number of aryl methyl sites for hydroxylation is 1. The van der Waals surface area contributed by atoms with E-state index >= 15 is 0 Å². The maximum absolute atomic E-state index is 13.2. The Labute approximate surface area is 179 Å². The molecule has 5 rings (SSSR count). The number of methoxy groups -OCH3 is 1. The van der Waals surface area contributed by atoms with Gasteiger partial charge >= 0.3 is 0 Å². The number of nitrogens with one attached hydrogen (secondary N) is 2. The number of hydrogen-bond donors (Lipinski definition) is 2. The fraction of sp³-hybridized carbons (Fsp3) is 0.0769. The second-order valence-electron chi connectivity index (χ2n) is 7.45. The zero-order chi connectivity index (χ0) is 21.4. The highest BCUT2D eigenvalue weighted by atomic mass is 16.5. The van der Waals surface area contributed by atoms with E-state index in [1.54, 1.807) is 13.2 Å². The fourth-order valence-electron chi connectivity index (χ4n) is 3.82. The molecule has 0 radical (unpaired) electrons. The Morgan fingerprint density at radius 3 is 2.61 bits per heavy atom. The van der Waals surface area contributed by atoms with Crippen molar-refractivity contribution in [3.8, 4) is 17.1 Å². The molecule has 4 aromatic carbocycles. The molecule has 152 valence electrons. The van der Waals surface area contributed by atoms with Crippen molar-refractivity contribution in [2.24, 2.45) is 0 Å². The van der Waals surface area contributed by atoms with Crippen LogP contribution in [-0.4, -0.2) is 23.0 Å². The summed E-state index contributed by atoms with van der Waals surface area (Å²) >= 11 is 0. The molecule has 0 aliphatic heterocycles. The number of fused-ring (bicyclic) bond motifs is 2. The van der Waals surface area contributed by atoms with E-state index in [1.807, 2.05) is 79.7 Å². The molecule has 1 heterocycles. The topological polar surface area (TPSA) is 67.0 Å². The molecular formula is C26H21N3O2. The average Bonchev–Trinajstić information content (AvgIpc) is 3.24. The zero-order valence-corrected chi connectivity index (χ0v) is 17.3. The summed E-state index contributed by atoms with van der Waals surface area (Å²) in [5.41, 5.74) is 4.98. The first-order chi connectivity index (χ1) is 15.1. The van der Waals surface area contributed by atoms with Crippen LogP contribution in [-0.2, 0) is 0 Å². The Balaban J connectivity index is 1.51. The number of rotatable bonds is 4. The van der Waals surface area contributed by atoms with Gasteiger partial charge in [0.15, 0.2) is 0 Å². The molecule has 5 aromatic rings. The number of aromatic amines is 1. The molecule has 31 heavy (non-hydrogen) atoms. The first kappa shape index (κ1) is 18.9. The third-order valence-corrected chi connectivity index (χ3v) is 5.48. The molecule has 0 fully saturated rings. The average molecular weight is 407 g/mol. The van der Waals surface area contributed by atoms with Crippen LogP contribution in [0.15, 0.2) is 78.9 Å². The molecule has 0 atom stereocenters. The standard InChI is InChI=1S/C26H21N3O2/c1-16-11-12-18(25-27-21-9-5-6-10-22(21)28-25)15-23(16)29-26(30)20-14-13-17-7-3-4-8-19(17)24(20)31-2/h3-15H,1-2H3,(H,27,28)(H,29,30). The zero-order valence-electron chi connectivity index (χ0n) is 17.3. The summed E-state index contributed by atoms with van der Waals surface area (Å²) in [7, 11) is 1.59. The SMILES string of the molecule is COc1c(C(=O)Nc2cc(-c3nc4ccccc4[nH]3)ccc2C)ccc2ccccc12. The third-order valence-electron chi connectivity index (χ3n) is 5.48. The van der Waals surface area contributed by atoms with E-state index in [9.17, 15) is 4.79 Å². The van der Waals surface area contributed by atoms with Gasteiger partial charge in [-0.25, -0.2) is 4.98 Å². The molecule has 5 nitrogen and oxygen atoms in total. The van der Waals surface area contributed by atoms with Crippen molar-refractivity contribution in [1.29, 1.82) is 0 Å². The predicted octanol–water partition coefficient (Wildman–Crippen LogP) is 5.95. The maximum atomic E-state index is 13.2. The number of hydrogen-bond acceptors (Lipinski definition) is 3. The van der Waals surface area contributed by atoms with Crippen LogP contribution in [0, 0.1) is 6.92 Å². The Kier molecular flexibility index (Phi) is 4.64. The van der Waals surface area contributed by atoms with Crippen molar-refractivity contribution < 1.29 is 9.53 Å². The van der Waals surface area contributed by atoms with E-state index in [0.29, 0.717) is 11.3 Å². The molecule has 2 N–H and O–H groups in total. The van der Waals surface area contributed by atoms with E-state index in [2.05, 4.69) is 15.3 Å². The lowest BCUT2D eigenvalue weighted by Crippen LogP contribution is -2.14. The van der Waals surface area contributed by atoms with Gasteiger partial charge in [-0.05, 0) is 42.1 Å². The lowest BCUT2D eigenvalue weighted by molar-refractivity contribution is 0.102. The van der Waals surface area contributed by atoms with Gasteiger partial charge in [0.05, 0.1) is 23.7 Å². The first-order valence-electron chi connectivity index (χ1n) is 10.1. The minimum absolute atomic E-state index is 0.215. The number of nitrogens with zero attached hydrogens (tertiary/aromatic N) is 1. The second kappa shape index (κ2) is 7.61. The summed E-state index contributed by atoms with van der Waals surface area (Å²) < 4.78 is 5.60. The van der Waals surface area contributed by atoms with Crippen LogP contribution in [0.4, 0.5) is 5.69 Å². The van der Waals surface area contributed by atoms with E-state index in [1.165, 1.54) is 0 Å². The third kappa shape index (κ3) is 3.40. The van der Waals surface area contributed by atoms with E-state index < -0.39 is 0 Å². The molecule has 0 spiro atoms. The highest BCUT2D eigenvalue weighted by Crippen LogP contribution is 2.31. The van der Waals surface area contributed by atoms with E-state index in [4.69, 9.17) is 4.74 Å². The smallest absolute Gasteiger partial charge is 0.259 e. The van der Waals surface area contributed by atoms with Crippen LogP contribution < -0.4 is 10.1 Å². The van der Waals surface area contributed by atoms with Crippen LogP contribution in [0.1, 0.15) is 15.9 Å². The van der Waals surface area contributed by atoms with Gasteiger partial charge in [0.2, 0.25) is 0 Å². The van der Waals surface area contributed by atoms with Gasteiger partial charge in [0.1, 0.15) is 11.6 Å². The first-order valence-corrected chi connectivity index (χ1v) is 10.1. The summed E-state index contributed by atoms with van der Waals surface area (Å²) in [4.78, 5) is 21.2. The monoisotopic (exact) mass is 407 g/mol. The molecule has 0 bridgehead atoms. The van der Waals surface area contributed by atoms with Gasteiger partial charge in [0.25, 0.3) is 5.91 Å². The lowest BCUT2D eigenvalue weighted by Gasteiger charge is -2.14. The number of benzene rings is 4. The van der Waals surface area contributed by atoms with Gasteiger partial charge in [-0.2, -0.15) is 0 Å². The summed E-state index contributed by atoms with van der Waals surface area (Å²) in [6.45, 7) is 1.97. The largest absolute Gasteiger partial charge is 0.495 e. The van der Waals surface area contributed by atoms with Crippen molar-refractivity contribution in [2.45, 2.75) is 6.92 Å². The van der Waals surface area contributed by atoms with Crippen molar-refractivity contribution in [3.63, 3.8) is 0 Å². The molecule has 1 amide bonds. The quantitative estimate of drug-likeness (QED) is 0.387. The van der Waals surface area contributed by atoms with Gasteiger partial charge in [0, 0.05) is 16.6 Å². The predicted molar refractivity (Wildman–Crippen MR) is 125 cm³/mol. The van der Waals surface area contributed by atoms with Crippen LogP contribution in [0.25, 0.3) is 33.2 Å².